The minimum absolute atomic E-state index is 0.0404. The van der Waals surface area contributed by atoms with E-state index in [1.165, 1.54) is 0 Å². The van der Waals surface area contributed by atoms with Gasteiger partial charge in [-0.2, -0.15) is 4.98 Å². The number of carbonyl (C=O) groups is 1. The molecular formula is C15H26N4O2. The number of piperidine rings is 1. The number of amides is 1. The van der Waals surface area contributed by atoms with Crippen molar-refractivity contribution in [3.05, 3.63) is 11.7 Å². The second kappa shape index (κ2) is 7.02. The summed E-state index contributed by atoms with van der Waals surface area (Å²) in [5.41, 5.74) is 0. The van der Waals surface area contributed by atoms with Gasteiger partial charge >= 0.3 is 0 Å². The van der Waals surface area contributed by atoms with Gasteiger partial charge in [0.2, 0.25) is 11.8 Å². The lowest BCUT2D eigenvalue weighted by Crippen LogP contribution is -2.50. The number of aromatic nitrogens is 2. The van der Waals surface area contributed by atoms with Crippen LogP contribution < -0.4 is 5.32 Å². The summed E-state index contributed by atoms with van der Waals surface area (Å²) in [6, 6.07) is 0.413. The number of hydrogen-bond acceptors (Lipinski definition) is 5. The molecule has 0 aromatic carbocycles. The lowest BCUT2D eigenvalue weighted by Gasteiger charge is -2.38. The highest BCUT2D eigenvalue weighted by atomic mass is 16.5. The van der Waals surface area contributed by atoms with Crippen molar-refractivity contribution >= 4 is 5.91 Å². The Morgan fingerprint density at radius 2 is 2.29 bits per heavy atom. The number of nitrogens with one attached hydrogen (secondary N) is 1. The molecule has 1 aliphatic rings. The highest BCUT2D eigenvalue weighted by molar-refractivity contribution is 5.75. The van der Waals surface area contributed by atoms with E-state index in [0.29, 0.717) is 24.3 Å². The lowest BCUT2D eigenvalue weighted by atomic mass is 9.93. The number of hydrogen-bond donors (Lipinski definition) is 1. The Morgan fingerprint density at radius 1 is 1.52 bits per heavy atom. The maximum atomic E-state index is 11.8. The third kappa shape index (κ3) is 3.81. The van der Waals surface area contributed by atoms with Crippen molar-refractivity contribution in [2.24, 2.45) is 5.92 Å². The van der Waals surface area contributed by atoms with Crippen LogP contribution in [0.4, 0.5) is 0 Å². The minimum atomic E-state index is 0.0404. The van der Waals surface area contributed by atoms with Crippen LogP contribution in [0.1, 0.15) is 58.3 Å². The van der Waals surface area contributed by atoms with E-state index in [4.69, 9.17) is 4.52 Å². The Bertz CT molecular complexity index is 474. The van der Waals surface area contributed by atoms with E-state index in [2.05, 4.69) is 22.4 Å². The maximum Gasteiger partial charge on any atom is 0.243 e. The van der Waals surface area contributed by atoms with Crippen molar-refractivity contribution < 1.29 is 9.32 Å². The van der Waals surface area contributed by atoms with Crippen LogP contribution >= 0.6 is 0 Å². The summed E-state index contributed by atoms with van der Waals surface area (Å²) in [7, 11) is 0. The zero-order valence-electron chi connectivity index (χ0n) is 13.4. The second-order valence-corrected chi connectivity index (χ2v) is 5.86. The van der Waals surface area contributed by atoms with Crippen molar-refractivity contribution in [3.63, 3.8) is 0 Å². The molecular weight excluding hydrogens is 268 g/mol. The fraction of sp³-hybridized carbons (Fsp3) is 0.800. The summed E-state index contributed by atoms with van der Waals surface area (Å²) in [4.78, 5) is 18.1. The molecule has 0 saturated carbocycles. The van der Waals surface area contributed by atoms with Crippen LogP contribution in [0.5, 0.6) is 0 Å². The van der Waals surface area contributed by atoms with Gasteiger partial charge in [-0.15, -0.1) is 0 Å². The summed E-state index contributed by atoms with van der Waals surface area (Å²) in [5.74, 6) is 2.06. The minimum Gasteiger partial charge on any atom is -0.342 e. The molecule has 118 valence electrons. The Labute approximate surface area is 126 Å². The van der Waals surface area contributed by atoms with Gasteiger partial charge < -0.3 is 14.7 Å². The standard InChI is InChI=1S/C15H26N4O2/c1-5-13-17-15(21-18-13)11(4)16-12-7-8-19(9-10(12)3)14(20)6-2/h10-12,16H,5-9H2,1-4H3. The fourth-order valence-electron chi connectivity index (χ4n) is 2.82. The Balaban J connectivity index is 1.90. The molecule has 3 unspecified atom stereocenters. The lowest BCUT2D eigenvalue weighted by molar-refractivity contribution is -0.132. The predicted octanol–water partition coefficient (Wildman–Crippen LogP) is 1.93. The molecule has 6 nitrogen and oxygen atoms in total. The first-order valence-corrected chi connectivity index (χ1v) is 7.91. The van der Waals surface area contributed by atoms with Crippen LogP contribution in [0.25, 0.3) is 0 Å². The predicted molar refractivity (Wildman–Crippen MR) is 79.7 cm³/mol. The molecule has 21 heavy (non-hydrogen) atoms. The van der Waals surface area contributed by atoms with E-state index in [1.54, 1.807) is 0 Å². The first-order chi connectivity index (χ1) is 10.0. The van der Waals surface area contributed by atoms with Gasteiger partial charge in [0.25, 0.3) is 0 Å². The number of rotatable bonds is 5. The summed E-state index contributed by atoms with van der Waals surface area (Å²) >= 11 is 0. The van der Waals surface area contributed by atoms with Crippen molar-refractivity contribution in [1.29, 1.82) is 0 Å². The molecule has 0 spiro atoms. The average molecular weight is 294 g/mol. The SMILES string of the molecule is CCC(=O)N1CCC(NC(C)c2nc(CC)no2)C(C)C1. The Morgan fingerprint density at radius 3 is 2.86 bits per heavy atom. The van der Waals surface area contributed by atoms with Gasteiger partial charge in [-0.05, 0) is 19.3 Å². The van der Waals surface area contributed by atoms with Crippen LogP contribution in [-0.4, -0.2) is 40.1 Å². The van der Waals surface area contributed by atoms with Crippen LogP contribution in [0.3, 0.4) is 0 Å². The number of aryl methyl sites for hydroxylation is 1. The molecule has 1 aromatic heterocycles. The van der Waals surface area contributed by atoms with E-state index in [-0.39, 0.29) is 11.9 Å². The molecule has 1 aliphatic heterocycles. The number of nitrogens with zero attached hydrogens (tertiary/aromatic N) is 3. The molecule has 1 fully saturated rings. The van der Waals surface area contributed by atoms with Gasteiger partial charge in [0, 0.05) is 32.0 Å². The first-order valence-electron chi connectivity index (χ1n) is 7.91. The molecule has 2 rings (SSSR count). The third-order valence-electron chi connectivity index (χ3n) is 4.19. The smallest absolute Gasteiger partial charge is 0.243 e. The van der Waals surface area contributed by atoms with E-state index in [0.717, 1.165) is 31.8 Å². The van der Waals surface area contributed by atoms with Crippen LogP contribution in [0.15, 0.2) is 4.52 Å². The van der Waals surface area contributed by atoms with Gasteiger partial charge in [0.15, 0.2) is 5.82 Å². The number of carbonyl (C=O) groups excluding carboxylic acids is 1. The van der Waals surface area contributed by atoms with Crippen molar-refractivity contribution in [3.8, 4) is 0 Å². The molecule has 0 radical (unpaired) electrons. The highest BCUT2D eigenvalue weighted by Crippen LogP contribution is 2.21. The van der Waals surface area contributed by atoms with E-state index < -0.39 is 0 Å². The van der Waals surface area contributed by atoms with Gasteiger partial charge in [-0.1, -0.05) is 25.9 Å². The molecule has 3 atom stereocenters. The van der Waals surface area contributed by atoms with Gasteiger partial charge in [0.1, 0.15) is 0 Å². The number of likely N-dealkylation sites (tertiary alicyclic amines) is 1. The van der Waals surface area contributed by atoms with E-state index in [1.807, 2.05) is 25.7 Å². The summed E-state index contributed by atoms with van der Waals surface area (Å²) < 4.78 is 5.28. The zero-order valence-corrected chi connectivity index (χ0v) is 13.4. The van der Waals surface area contributed by atoms with Crippen molar-refractivity contribution in [2.75, 3.05) is 13.1 Å². The Hall–Kier alpha value is -1.43. The molecule has 1 aromatic rings. The van der Waals surface area contributed by atoms with Gasteiger partial charge in [-0.3, -0.25) is 4.79 Å². The van der Waals surface area contributed by atoms with Crippen molar-refractivity contribution in [1.82, 2.24) is 20.4 Å². The molecule has 2 heterocycles. The summed E-state index contributed by atoms with van der Waals surface area (Å²) in [6.07, 6.45) is 2.33. The maximum absolute atomic E-state index is 11.8. The van der Waals surface area contributed by atoms with Gasteiger partial charge in [-0.25, -0.2) is 0 Å². The average Bonchev–Trinajstić information content (AvgIpc) is 2.97. The molecule has 0 aliphatic carbocycles. The third-order valence-corrected chi connectivity index (χ3v) is 4.19. The van der Waals surface area contributed by atoms with Crippen LogP contribution in [0, 0.1) is 5.92 Å². The van der Waals surface area contributed by atoms with Crippen LogP contribution in [0.2, 0.25) is 0 Å². The fourth-order valence-corrected chi connectivity index (χ4v) is 2.82. The molecule has 1 amide bonds. The quantitative estimate of drug-likeness (QED) is 0.898. The second-order valence-electron chi connectivity index (χ2n) is 5.86. The topological polar surface area (TPSA) is 71.3 Å². The van der Waals surface area contributed by atoms with Crippen LogP contribution in [-0.2, 0) is 11.2 Å². The Kier molecular flexibility index (Phi) is 5.33. The summed E-state index contributed by atoms with van der Waals surface area (Å²) in [6.45, 7) is 9.80. The summed E-state index contributed by atoms with van der Waals surface area (Å²) in [5, 5.41) is 7.50. The van der Waals surface area contributed by atoms with E-state index >= 15 is 0 Å². The van der Waals surface area contributed by atoms with E-state index in [9.17, 15) is 4.79 Å². The monoisotopic (exact) mass is 294 g/mol. The molecule has 0 bridgehead atoms. The molecule has 1 N–H and O–H groups in total. The van der Waals surface area contributed by atoms with Crippen molar-refractivity contribution in [2.45, 2.75) is 59.0 Å². The molecule has 1 saturated heterocycles. The first kappa shape index (κ1) is 15.9. The molecule has 6 heteroatoms. The normalized spacial score (nSPS) is 24.1. The zero-order chi connectivity index (χ0) is 15.4. The van der Waals surface area contributed by atoms with Gasteiger partial charge in [0.05, 0.1) is 6.04 Å². The largest absolute Gasteiger partial charge is 0.342 e. The highest BCUT2D eigenvalue weighted by Gasteiger charge is 2.29.